The van der Waals surface area contributed by atoms with E-state index in [1.165, 1.54) is 11.8 Å². The number of amidine groups is 1. The van der Waals surface area contributed by atoms with Gasteiger partial charge >= 0.3 is 0 Å². The van der Waals surface area contributed by atoms with Gasteiger partial charge in [0.2, 0.25) is 0 Å². The van der Waals surface area contributed by atoms with Crippen LogP contribution in [-0.2, 0) is 13.7 Å². The first-order valence-corrected chi connectivity index (χ1v) is 7.85. The number of nitrogens with zero attached hydrogens (tertiary/aromatic N) is 4. The quantitative estimate of drug-likeness (QED) is 0.406. The highest BCUT2D eigenvalue weighted by atomic mass is 32.2. The van der Waals surface area contributed by atoms with Gasteiger partial charge in [-0.3, -0.25) is 10.00 Å². The fraction of sp³-hybridized carbons (Fsp3) is 0.267. The third-order valence-electron chi connectivity index (χ3n) is 3.16. The molecular weight excluding hydrogens is 298 g/mol. The summed E-state index contributed by atoms with van der Waals surface area (Å²) >= 11 is 1.37. The Kier molecular flexibility index (Phi) is 5.44. The van der Waals surface area contributed by atoms with Gasteiger partial charge in [-0.25, -0.2) is 4.99 Å². The highest BCUT2D eigenvalue weighted by Crippen LogP contribution is 2.28. The summed E-state index contributed by atoms with van der Waals surface area (Å²) < 4.78 is 7.67. The van der Waals surface area contributed by atoms with Crippen molar-refractivity contribution in [2.24, 2.45) is 12.0 Å². The number of hydrogen-bond donors (Lipinski definition) is 1. The molecule has 6 nitrogen and oxygen atoms in total. The van der Waals surface area contributed by atoms with Gasteiger partial charge in [0.1, 0.15) is 18.0 Å². The van der Waals surface area contributed by atoms with E-state index in [0.717, 1.165) is 11.3 Å². The van der Waals surface area contributed by atoms with Crippen molar-refractivity contribution in [3.05, 3.63) is 41.7 Å². The van der Waals surface area contributed by atoms with Crippen molar-refractivity contribution in [1.82, 2.24) is 15.1 Å². The minimum atomic E-state index is 0.423. The number of hydrogen-bond acceptors (Lipinski definition) is 5. The molecule has 0 spiro atoms. The molecule has 0 aliphatic heterocycles. The molecule has 0 saturated heterocycles. The molecule has 0 unspecified atom stereocenters. The van der Waals surface area contributed by atoms with E-state index in [1.54, 1.807) is 6.20 Å². The maximum atomic E-state index is 8.70. The van der Waals surface area contributed by atoms with Crippen LogP contribution in [0, 0.1) is 18.4 Å². The molecule has 0 aliphatic carbocycles. The van der Waals surface area contributed by atoms with Gasteiger partial charge in [0.05, 0.1) is 6.20 Å². The van der Waals surface area contributed by atoms with Crippen LogP contribution < -0.4 is 10.1 Å². The molecule has 1 aromatic carbocycles. The summed E-state index contributed by atoms with van der Waals surface area (Å²) in [5.74, 6) is 0.664. The number of nitrogens with one attached hydrogen (secondary N) is 1. The second-order valence-corrected chi connectivity index (χ2v) is 5.29. The highest BCUT2D eigenvalue weighted by Gasteiger charge is 2.07. The zero-order valence-electron chi connectivity index (χ0n) is 12.7. The SMILES string of the molecule is CSC(=Nc1ccccc1OCc1cnn(C)c1C)NC#N. The van der Waals surface area contributed by atoms with E-state index in [-0.39, 0.29) is 0 Å². The molecule has 0 fully saturated rings. The average Bonchev–Trinajstić information content (AvgIpc) is 2.85. The summed E-state index contributed by atoms with van der Waals surface area (Å²) in [4.78, 5) is 4.41. The van der Waals surface area contributed by atoms with Gasteiger partial charge in [-0.15, -0.1) is 0 Å². The molecule has 0 saturated carbocycles. The fourth-order valence-electron chi connectivity index (χ4n) is 1.79. The standard InChI is InChI=1S/C15H17N5OS/c1-11-12(8-18-20(11)2)9-21-14-7-5-4-6-13(14)19-15(22-3)17-10-16/h4-8H,9H2,1-3H3,(H,17,19). The molecular formula is C15H17N5OS. The largest absolute Gasteiger partial charge is 0.487 e. The lowest BCUT2D eigenvalue weighted by molar-refractivity contribution is 0.306. The first-order chi connectivity index (χ1) is 10.7. The third kappa shape index (κ3) is 3.80. The van der Waals surface area contributed by atoms with Crippen molar-refractivity contribution in [2.75, 3.05) is 6.26 Å². The van der Waals surface area contributed by atoms with Crippen LogP contribution in [0.15, 0.2) is 35.5 Å². The average molecular weight is 315 g/mol. The van der Waals surface area contributed by atoms with Gasteiger partial charge in [-0.1, -0.05) is 23.9 Å². The maximum Gasteiger partial charge on any atom is 0.183 e. The van der Waals surface area contributed by atoms with E-state index in [0.29, 0.717) is 23.2 Å². The van der Waals surface area contributed by atoms with Gasteiger partial charge in [0, 0.05) is 18.3 Å². The predicted octanol–water partition coefficient (Wildman–Crippen LogP) is 2.73. The molecule has 22 heavy (non-hydrogen) atoms. The Hall–Kier alpha value is -2.46. The Balaban J connectivity index is 2.18. The van der Waals surface area contributed by atoms with Crippen molar-refractivity contribution >= 4 is 22.6 Å². The molecule has 0 bridgehead atoms. The van der Waals surface area contributed by atoms with Crippen LogP contribution in [0.1, 0.15) is 11.3 Å². The molecule has 0 amide bonds. The fourth-order valence-corrected chi connectivity index (χ4v) is 2.13. The second kappa shape index (κ2) is 7.52. The summed E-state index contributed by atoms with van der Waals surface area (Å²) in [5.41, 5.74) is 2.77. The second-order valence-electron chi connectivity index (χ2n) is 4.49. The zero-order chi connectivity index (χ0) is 15.9. The van der Waals surface area contributed by atoms with Crippen molar-refractivity contribution in [2.45, 2.75) is 13.5 Å². The van der Waals surface area contributed by atoms with Crippen molar-refractivity contribution in [3.8, 4) is 11.9 Å². The smallest absolute Gasteiger partial charge is 0.183 e. The normalized spacial score (nSPS) is 11.1. The van der Waals surface area contributed by atoms with Crippen LogP contribution >= 0.6 is 11.8 Å². The van der Waals surface area contributed by atoms with E-state index in [2.05, 4.69) is 15.4 Å². The van der Waals surface area contributed by atoms with Gasteiger partial charge in [0.25, 0.3) is 0 Å². The Morgan fingerprint density at radius 1 is 1.50 bits per heavy atom. The summed E-state index contributed by atoms with van der Waals surface area (Å²) in [6.07, 6.45) is 5.52. The summed E-state index contributed by atoms with van der Waals surface area (Å²) in [5, 5.41) is 16.0. The third-order valence-corrected chi connectivity index (χ3v) is 3.74. The lowest BCUT2D eigenvalue weighted by Gasteiger charge is -2.09. The Bertz CT molecular complexity index is 717. The van der Waals surface area contributed by atoms with Crippen LogP contribution in [0.3, 0.4) is 0 Å². The first-order valence-electron chi connectivity index (χ1n) is 6.62. The number of ether oxygens (including phenoxy) is 1. The lowest BCUT2D eigenvalue weighted by Crippen LogP contribution is -2.12. The minimum Gasteiger partial charge on any atom is -0.487 e. The van der Waals surface area contributed by atoms with Crippen molar-refractivity contribution < 1.29 is 4.74 Å². The summed E-state index contributed by atoms with van der Waals surface area (Å²) in [7, 11) is 1.90. The number of rotatable bonds is 4. The molecule has 0 aliphatic rings. The van der Waals surface area contributed by atoms with Gasteiger partial charge in [-0.2, -0.15) is 10.4 Å². The molecule has 1 heterocycles. The van der Waals surface area contributed by atoms with Gasteiger partial charge in [-0.05, 0) is 25.3 Å². The molecule has 7 heteroatoms. The Morgan fingerprint density at radius 3 is 2.91 bits per heavy atom. The van der Waals surface area contributed by atoms with Crippen LogP contribution in [0.4, 0.5) is 5.69 Å². The van der Waals surface area contributed by atoms with Crippen LogP contribution in [0.2, 0.25) is 0 Å². The van der Waals surface area contributed by atoms with E-state index in [1.807, 2.05) is 55.4 Å². The Morgan fingerprint density at radius 2 is 2.27 bits per heavy atom. The van der Waals surface area contributed by atoms with E-state index in [9.17, 15) is 0 Å². The maximum absolute atomic E-state index is 8.70. The molecule has 1 N–H and O–H groups in total. The summed E-state index contributed by atoms with van der Waals surface area (Å²) in [6, 6.07) is 7.47. The van der Waals surface area contributed by atoms with E-state index >= 15 is 0 Å². The van der Waals surface area contributed by atoms with Gasteiger partial charge < -0.3 is 4.74 Å². The zero-order valence-corrected chi connectivity index (χ0v) is 13.5. The molecule has 2 aromatic rings. The number of aliphatic imine (C=N–C) groups is 1. The molecule has 0 atom stereocenters. The number of para-hydroxylation sites is 2. The topological polar surface area (TPSA) is 75.2 Å². The van der Waals surface area contributed by atoms with Crippen LogP contribution in [0.5, 0.6) is 5.75 Å². The first kappa shape index (κ1) is 15.9. The number of aromatic nitrogens is 2. The lowest BCUT2D eigenvalue weighted by atomic mass is 10.2. The number of aryl methyl sites for hydroxylation is 1. The van der Waals surface area contributed by atoms with Crippen molar-refractivity contribution in [3.63, 3.8) is 0 Å². The van der Waals surface area contributed by atoms with Crippen LogP contribution in [-0.4, -0.2) is 21.2 Å². The number of benzene rings is 1. The molecule has 0 radical (unpaired) electrons. The number of thioether (sulfide) groups is 1. The van der Waals surface area contributed by atoms with E-state index in [4.69, 9.17) is 10.00 Å². The minimum absolute atomic E-state index is 0.423. The number of nitriles is 1. The van der Waals surface area contributed by atoms with Crippen molar-refractivity contribution in [1.29, 1.82) is 5.26 Å². The molecule has 2 rings (SSSR count). The predicted molar refractivity (Wildman–Crippen MR) is 88.1 cm³/mol. The molecule has 1 aromatic heterocycles. The summed E-state index contributed by atoms with van der Waals surface area (Å²) in [6.45, 7) is 2.42. The Labute approximate surface area is 133 Å². The van der Waals surface area contributed by atoms with Crippen LogP contribution in [0.25, 0.3) is 0 Å². The van der Waals surface area contributed by atoms with E-state index < -0.39 is 0 Å². The molecule has 114 valence electrons. The monoisotopic (exact) mass is 315 g/mol. The van der Waals surface area contributed by atoms with Gasteiger partial charge in [0.15, 0.2) is 11.4 Å². The highest BCUT2D eigenvalue weighted by molar-refractivity contribution is 8.13.